The molecule has 1 N–H and O–H groups in total. The first-order chi connectivity index (χ1) is 26.5. The summed E-state index contributed by atoms with van der Waals surface area (Å²) in [6.45, 7) is 0. The summed E-state index contributed by atoms with van der Waals surface area (Å²) >= 11 is 1.33. The number of benzene rings is 5. The lowest BCUT2D eigenvalue weighted by Crippen LogP contribution is -2.43. The maximum Gasteiger partial charge on any atom is 0.363 e. The topological polar surface area (TPSA) is 99.1 Å². The number of thiazole rings is 1. The second-order valence-corrected chi connectivity index (χ2v) is 14.1. The van der Waals surface area contributed by atoms with Gasteiger partial charge >= 0.3 is 11.9 Å². The molecule has 0 unspecified atom stereocenters. The molecule has 9 heteroatoms. The first-order valence-electron chi connectivity index (χ1n) is 18.1. The van der Waals surface area contributed by atoms with Crippen molar-refractivity contribution in [3.8, 4) is 0 Å². The van der Waals surface area contributed by atoms with Gasteiger partial charge in [0.1, 0.15) is 11.2 Å². The van der Waals surface area contributed by atoms with Crippen LogP contribution in [0.25, 0.3) is 0 Å². The fourth-order valence-corrected chi connectivity index (χ4v) is 7.84. The van der Waals surface area contributed by atoms with E-state index in [-0.39, 0.29) is 11.4 Å². The zero-order chi connectivity index (χ0) is 37.2. The van der Waals surface area contributed by atoms with Crippen LogP contribution in [0, 0.1) is 0 Å². The van der Waals surface area contributed by atoms with Gasteiger partial charge in [-0.25, -0.2) is 14.6 Å². The molecule has 0 aliphatic heterocycles. The highest BCUT2D eigenvalue weighted by molar-refractivity contribution is 7.14. The van der Waals surface area contributed by atoms with E-state index < -0.39 is 29.2 Å². The van der Waals surface area contributed by atoms with Crippen molar-refractivity contribution in [2.45, 2.75) is 49.3 Å². The number of methoxy groups -OCH3 is 1. The maximum atomic E-state index is 14.5. The van der Waals surface area contributed by atoms with E-state index in [2.05, 4.69) is 46.9 Å². The number of carbonyl (C=O) groups is 2. The Bertz CT molecular complexity index is 2020. The van der Waals surface area contributed by atoms with Crippen molar-refractivity contribution in [3.63, 3.8) is 0 Å². The quantitative estimate of drug-likeness (QED) is 0.0546. The minimum atomic E-state index is -1.32. The molecule has 1 heterocycles. The SMILES string of the molecule is COC(=O)C1(ON=C(C(=O)OC(c2ccccc2)c2ccccc2)c2csc(NC(c3ccccc3)(c3ccccc3)c3ccccc3)n2)CCCCC1. The number of rotatable bonds is 13. The molecule has 272 valence electrons. The molecule has 0 radical (unpaired) electrons. The molecule has 0 spiro atoms. The Hall–Kier alpha value is -6.06. The Morgan fingerprint density at radius 2 is 1.17 bits per heavy atom. The molecule has 1 fully saturated rings. The molecule has 6 aromatic rings. The Balaban J connectivity index is 1.31. The smallest absolute Gasteiger partial charge is 0.363 e. The Morgan fingerprint density at radius 1 is 0.704 bits per heavy atom. The molecule has 1 aromatic heterocycles. The number of hydrogen-bond acceptors (Lipinski definition) is 9. The van der Waals surface area contributed by atoms with Gasteiger partial charge < -0.3 is 19.6 Å². The van der Waals surface area contributed by atoms with E-state index in [1.165, 1.54) is 18.4 Å². The van der Waals surface area contributed by atoms with E-state index in [4.69, 9.17) is 19.3 Å². The van der Waals surface area contributed by atoms with Crippen molar-refractivity contribution in [2.24, 2.45) is 5.16 Å². The number of ether oxygens (including phenoxy) is 2. The largest absolute Gasteiger partial charge is 0.466 e. The van der Waals surface area contributed by atoms with Gasteiger partial charge in [0.05, 0.1) is 7.11 Å². The highest BCUT2D eigenvalue weighted by atomic mass is 32.1. The zero-order valence-corrected chi connectivity index (χ0v) is 30.8. The molecule has 7 rings (SSSR count). The minimum absolute atomic E-state index is 0.158. The van der Waals surface area contributed by atoms with Gasteiger partial charge in [0, 0.05) is 18.2 Å². The van der Waals surface area contributed by atoms with E-state index >= 15 is 0 Å². The Kier molecular flexibility index (Phi) is 11.3. The van der Waals surface area contributed by atoms with Crippen molar-refractivity contribution in [2.75, 3.05) is 12.4 Å². The van der Waals surface area contributed by atoms with Crippen LogP contribution in [0.5, 0.6) is 0 Å². The lowest BCUT2D eigenvalue weighted by atomic mass is 9.77. The third-order valence-corrected chi connectivity index (χ3v) is 10.6. The third kappa shape index (κ3) is 7.68. The van der Waals surface area contributed by atoms with Crippen LogP contribution in [-0.2, 0) is 29.4 Å². The van der Waals surface area contributed by atoms with Crippen LogP contribution < -0.4 is 5.32 Å². The lowest BCUT2D eigenvalue weighted by molar-refractivity contribution is -0.175. The van der Waals surface area contributed by atoms with Gasteiger partial charge in [-0.15, -0.1) is 11.3 Å². The van der Waals surface area contributed by atoms with Crippen LogP contribution in [0.1, 0.15) is 71.7 Å². The Labute approximate surface area is 319 Å². The number of anilines is 1. The molecular formula is C45H41N3O5S. The predicted molar refractivity (Wildman–Crippen MR) is 211 cm³/mol. The number of oxime groups is 1. The highest BCUT2D eigenvalue weighted by Gasteiger charge is 2.44. The van der Waals surface area contributed by atoms with E-state index in [1.54, 1.807) is 5.38 Å². The highest BCUT2D eigenvalue weighted by Crippen LogP contribution is 2.41. The van der Waals surface area contributed by atoms with Gasteiger partial charge in [0.15, 0.2) is 11.2 Å². The van der Waals surface area contributed by atoms with Gasteiger partial charge in [-0.05, 0) is 40.7 Å². The molecular weight excluding hydrogens is 695 g/mol. The molecule has 1 aliphatic rings. The summed E-state index contributed by atoms with van der Waals surface area (Å²) < 4.78 is 11.5. The average Bonchev–Trinajstić information content (AvgIpc) is 3.71. The van der Waals surface area contributed by atoms with E-state index in [9.17, 15) is 9.59 Å². The fraction of sp³-hybridized carbons (Fsp3) is 0.200. The number of esters is 2. The first-order valence-corrected chi connectivity index (χ1v) is 19.0. The van der Waals surface area contributed by atoms with Crippen LogP contribution in [0.15, 0.2) is 162 Å². The molecule has 0 amide bonds. The van der Waals surface area contributed by atoms with Crippen LogP contribution in [-0.4, -0.2) is 35.3 Å². The lowest BCUT2D eigenvalue weighted by Gasteiger charge is -2.36. The maximum absolute atomic E-state index is 14.5. The number of aromatic nitrogens is 1. The molecule has 0 bridgehead atoms. The number of nitrogens with zero attached hydrogens (tertiary/aromatic N) is 2. The standard InChI is InChI=1S/C45H41N3O5S/c1-51-42(50)44(30-18-7-19-31-44)53-48-39(41(49)52-40(33-20-8-2-9-21-33)34-22-10-3-11-23-34)38-32-54-43(46-38)47-45(35-24-12-4-13-25-35,36-26-14-5-15-27-36)37-28-16-6-17-29-37/h2-6,8-17,20-29,32,40H,7,18-19,30-31H2,1H3,(H,46,47). The van der Waals surface area contributed by atoms with Gasteiger partial charge in [-0.1, -0.05) is 163 Å². The number of carbonyl (C=O) groups excluding carboxylic acids is 2. The second kappa shape index (κ2) is 16.7. The predicted octanol–water partition coefficient (Wildman–Crippen LogP) is 9.48. The summed E-state index contributed by atoms with van der Waals surface area (Å²) in [5.74, 6) is -1.27. The van der Waals surface area contributed by atoms with Crippen molar-refractivity contribution in [1.29, 1.82) is 0 Å². The van der Waals surface area contributed by atoms with Crippen molar-refractivity contribution in [3.05, 3.63) is 191 Å². The molecule has 8 nitrogen and oxygen atoms in total. The summed E-state index contributed by atoms with van der Waals surface area (Å²) in [7, 11) is 1.34. The van der Waals surface area contributed by atoms with Gasteiger partial charge in [-0.3, -0.25) is 0 Å². The van der Waals surface area contributed by atoms with Crippen molar-refractivity contribution in [1.82, 2.24) is 4.98 Å². The normalized spacial score (nSPS) is 14.2. The third-order valence-electron chi connectivity index (χ3n) is 9.81. The first kappa shape index (κ1) is 36.3. The number of hydrogen-bond donors (Lipinski definition) is 1. The minimum Gasteiger partial charge on any atom is -0.466 e. The van der Waals surface area contributed by atoms with Gasteiger partial charge in [-0.2, -0.15) is 0 Å². The summed E-state index contributed by atoms with van der Waals surface area (Å²) in [5, 5.41) is 10.5. The van der Waals surface area contributed by atoms with Crippen LogP contribution in [0.2, 0.25) is 0 Å². The molecule has 1 aliphatic carbocycles. The summed E-state index contributed by atoms with van der Waals surface area (Å²) in [6.07, 6.45) is 2.58. The summed E-state index contributed by atoms with van der Waals surface area (Å²) in [5.41, 5.74) is 2.49. The Morgan fingerprint density at radius 3 is 1.63 bits per heavy atom. The molecule has 5 aromatic carbocycles. The molecule has 1 saturated carbocycles. The summed E-state index contributed by atoms with van der Waals surface area (Å²) in [6, 6.07) is 49.7. The van der Waals surface area contributed by atoms with E-state index in [0.717, 1.165) is 47.1 Å². The monoisotopic (exact) mass is 735 g/mol. The van der Waals surface area contributed by atoms with Crippen LogP contribution >= 0.6 is 11.3 Å². The summed E-state index contributed by atoms with van der Waals surface area (Å²) in [4.78, 5) is 38.7. The van der Waals surface area contributed by atoms with E-state index in [0.29, 0.717) is 18.0 Å². The van der Waals surface area contributed by atoms with E-state index in [1.807, 2.05) is 115 Å². The average molecular weight is 736 g/mol. The fourth-order valence-electron chi connectivity index (χ4n) is 7.09. The van der Waals surface area contributed by atoms with Crippen molar-refractivity contribution >= 4 is 34.1 Å². The molecule has 0 atom stereocenters. The van der Waals surface area contributed by atoms with Crippen LogP contribution in [0.4, 0.5) is 5.13 Å². The zero-order valence-electron chi connectivity index (χ0n) is 30.0. The van der Waals surface area contributed by atoms with Crippen LogP contribution in [0.3, 0.4) is 0 Å². The van der Waals surface area contributed by atoms with Gasteiger partial charge in [0.25, 0.3) is 0 Å². The second-order valence-electron chi connectivity index (χ2n) is 13.2. The molecule has 54 heavy (non-hydrogen) atoms. The van der Waals surface area contributed by atoms with Gasteiger partial charge in [0.2, 0.25) is 11.3 Å². The number of nitrogens with one attached hydrogen (secondary N) is 1. The molecule has 0 saturated heterocycles. The van der Waals surface area contributed by atoms with Crippen molar-refractivity contribution < 1.29 is 23.9 Å².